The second-order valence-corrected chi connectivity index (χ2v) is 5.93. The number of carbonyl (C=O) groups excluding carboxylic acids is 1. The van der Waals surface area contributed by atoms with Crippen molar-refractivity contribution in [2.24, 2.45) is 11.8 Å². The van der Waals surface area contributed by atoms with Crippen LogP contribution in [0.1, 0.15) is 49.8 Å². The van der Waals surface area contributed by atoms with Gasteiger partial charge in [0.2, 0.25) is 0 Å². The van der Waals surface area contributed by atoms with Crippen molar-refractivity contribution in [3.8, 4) is 0 Å². The maximum Gasteiger partial charge on any atom is 0.251 e. The summed E-state index contributed by atoms with van der Waals surface area (Å²) in [5.74, 6) is 0.834. The fourth-order valence-corrected chi connectivity index (χ4v) is 1.68. The molecule has 0 heterocycles. The molecule has 20 heavy (non-hydrogen) atoms. The van der Waals surface area contributed by atoms with E-state index >= 15 is 0 Å². The van der Waals surface area contributed by atoms with Gasteiger partial charge in [0.05, 0.1) is 0 Å². The molecule has 0 aliphatic carbocycles. The zero-order chi connectivity index (χ0) is 15.1. The van der Waals surface area contributed by atoms with E-state index in [1.165, 1.54) is 0 Å². The average molecular weight is 278 g/mol. The highest BCUT2D eigenvalue weighted by Gasteiger charge is 2.10. The van der Waals surface area contributed by atoms with Gasteiger partial charge in [-0.3, -0.25) is 10.1 Å². The van der Waals surface area contributed by atoms with Crippen molar-refractivity contribution in [3.63, 3.8) is 0 Å². The van der Waals surface area contributed by atoms with Crippen LogP contribution in [0.3, 0.4) is 0 Å². The number of hydrogen-bond acceptors (Lipinski definition) is 3. The van der Waals surface area contributed by atoms with Crippen LogP contribution in [0.5, 0.6) is 0 Å². The summed E-state index contributed by atoms with van der Waals surface area (Å²) in [7, 11) is 0. The largest absolute Gasteiger partial charge is 0.374 e. The minimum atomic E-state index is -0.690. The molecular weight excluding hydrogens is 252 g/mol. The van der Waals surface area contributed by atoms with E-state index in [1.807, 2.05) is 0 Å². The van der Waals surface area contributed by atoms with Gasteiger partial charge in [-0.15, -0.1) is 0 Å². The van der Waals surface area contributed by atoms with E-state index in [9.17, 15) is 9.90 Å². The van der Waals surface area contributed by atoms with Gasteiger partial charge in [0.25, 0.3) is 5.91 Å². The highest BCUT2D eigenvalue weighted by Crippen LogP contribution is 2.12. The zero-order valence-corrected chi connectivity index (χ0v) is 12.8. The Morgan fingerprint density at radius 1 is 1.05 bits per heavy atom. The van der Waals surface area contributed by atoms with Gasteiger partial charge in [0, 0.05) is 18.7 Å². The van der Waals surface area contributed by atoms with Crippen molar-refractivity contribution in [1.29, 1.82) is 0 Å². The Kier molecular flexibility index (Phi) is 6.68. The Bertz CT molecular complexity index is 413. The fraction of sp³-hybridized carbons (Fsp3) is 0.562. The van der Waals surface area contributed by atoms with Gasteiger partial charge < -0.3 is 10.4 Å². The lowest BCUT2D eigenvalue weighted by molar-refractivity contribution is 0.0948. The van der Waals surface area contributed by atoms with Crippen molar-refractivity contribution in [2.45, 2.75) is 33.9 Å². The molecule has 0 aliphatic heterocycles. The molecule has 4 heteroatoms. The van der Waals surface area contributed by atoms with Gasteiger partial charge in [-0.2, -0.15) is 0 Å². The maximum atomic E-state index is 11.9. The number of amides is 1. The van der Waals surface area contributed by atoms with E-state index < -0.39 is 6.23 Å². The van der Waals surface area contributed by atoms with Crippen molar-refractivity contribution >= 4 is 5.91 Å². The summed E-state index contributed by atoms with van der Waals surface area (Å²) in [6, 6.07) is 7.04. The van der Waals surface area contributed by atoms with E-state index in [0.717, 1.165) is 12.1 Å². The van der Waals surface area contributed by atoms with Gasteiger partial charge in [-0.05, 0) is 29.5 Å². The monoisotopic (exact) mass is 278 g/mol. The standard InChI is InChI=1S/C16H26N2O2/c1-11(2)9-17-15(19)13-5-7-14(8-6-13)16(20)18-10-12(3)4/h5-8,11-12,15,17,19H,9-10H2,1-4H3,(H,18,20). The van der Waals surface area contributed by atoms with Gasteiger partial charge in [-0.25, -0.2) is 0 Å². The summed E-state index contributed by atoms with van der Waals surface area (Å²) >= 11 is 0. The second kappa shape index (κ2) is 8.02. The van der Waals surface area contributed by atoms with E-state index in [4.69, 9.17) is 0 Å². The molecule has 4 nitrogen and oxygen atoms in total. The van der Waals surface area contributed by atoms with Gasteiger partial charge in [-0.1, -0.05) is 39.8 Å². The van der Waals surface area contributed by atoms with Crippen LogP contribution in [-0.2, 0) is 0 Å². The van der Waals surface area contributed by atoms with Gasteiger partial charge >= 0.3 is 0 Å². The van der Waals surface area contributed by atoms with Crippen LogP contribution in [0.2, 0.25) is 0 Å². The minimum Gasteiger partial charge on any atom is -0.374 e. The van der Waals surface area contributed by atoms with Crippen molar-refractivity contribution < 1.29 is 9.90 Å². The van der Waals surface area contributed by atoms with Crippen LogP contribution < -0.4 is 10.6 Å². The molecule has 1 amide bonds. The summed E-state index contributed by atoms with van der Waals surface area (Å²) < 4.78 is 0. The maximum absolute atomic E-state index is 11.9. The van der Waals surface area contributed by atoms with Crippen molar-refractivity contribution in [1.82, 2.24) is 10.6 Å². The van der Waals surface area contributed by atoms with Crippen LogP contribution in [0.25, 0.3) is 0 Å². The first-order valence-corrected chi connectivity index (χ1v) is 7.19. The second-order valence-electron chi connectivity index (χ2n) is 5.93. The molecular formula is C16H26N2O2. The molecule has 0 aromatic heterocycles. The molecule has 1 aromatic rings. The zero-order valence-electron chi connectivity index (χ0n) is 12.8. The third kappa shape index (κ3) is 5.72. The summed E-state index contributed by atoms with van der Waals surface area (Å²) in [6.45, 7) is 9.70. The Balaban J connectivity index is 2.57. The highest BCUT2D eigenvalue weighted by molar-refractivity contribution is 5.94. The lowest BCUT2D eigenvalue weighted by Gasteiger charge is -2.15. The van der Waals surface area contributed by atoms with E-state index in [2.05, 4.69) is 38.3 Å². The number of benzene rings is 1. The van der Waals surface area contributed by atoms with E-state index in [-0.39, 0.29) is 5.91 Å². The third-order valence-corrected chi connectivity index (χ3v) is 2.88. The first-order valence-electron chi connectivity index (χ1n) is 7.19. The topological polar surface area (TPSA) is 61.4 Å². The smallest absolute Gasteiger partial charge is 0.251 e. The molecule has 0 saturated carbocycles. The first-order chi connectivity index (χ1) is 9.40. The van der Waals surface area contributed by atoms with E-state index in [0.29, 0.717) is 23.9 Å². The Morgan fingerprint density at radius 3 is 2.10 bits per heavy atom. The molecule has 0 saturated heterocycles. The number of aliphatic hydroxyl groups excluding tert-OH is 1. The lowest BCUT2D eigenvalue weighted by Crippen LogP contribution is -2.27. The number of rotatable bonds is 7. The molecule has 0 spiro atoms. The molecule has 1 unspecified atom stereocenters. The minimum absolute atomic E-state index is 0.0742. The summed E-state index contributed by atoms with van der Waals surface area (Å²) in [6.07, 6.45) is -0.690. The fourth-order valence-electron chi connectivity index (χ4n) is 1.68. The van der Waals surface area contributed by atoms with Crippen LogP contribution >= 0.6 is 0 Å². The number of carbonyl (C=O) groups is 1. The van der Waals surface area contributed by atoms with Crippen molar-refractivity contribution in [2.75, 3.05) is 13.1 Å². The Morgan fingerprint density at radius 2 is 1.60 bits per heavy atom. The molecule has 1 rings (SSSR count). The molecule has 0 aliphatic rings. The third-order valence-electron chi connectivity index (χ3n) is 2.88. The summed E-state index contributed by atoms with van der Waals surface area (Å²) in [5.41, 5.74) is 1.39. The van der Waals surface area contributed by atoms with Gasteiger partial charge in [0.1, 0.15) is 6.23 Å². The molecule has 1 atom stereocenters. The molecule has 1 aromatic carbocycles. The quantitative estimate of drug-likeness (QED) is 0.671. The molecule has 0 radical (unpaired) electrons. The first kappa shape index (κ1) is 16.7. The van der Waals surface area contributed by atoms with Crippen LogP contribution in [0.15, 0.2) is 24.3 Å². The summed E-state index contributed by atoms with van der Waals surface area (Å²) in [5, 5.41) is 15.9. The number of aliphatic hydroxyl groups is 1. The predicted octanol–water partition coefficient (Wildman–Crippen LogP) is 2.31. The molecule has 0 fully saturated rings. The molecule has 3 N–H and O–H groups in total. The number of nitrogens with one attached hydrogen (secondary N) is 2. The van der Waals surface area contributed by atoms with Crippen LogP contribution in [0.4, 0.5) is 0 Å². The van der Waals surface area contributed by atoms with Gasteiger partial charge in [0.15, 0.2) is 0 Å². The molecule has 0 bridgehead atoms. The highest BCUT2D eigenvalue weighted by atomic mass is 16.3. The average Bonchev–Trinajstić information content (AvgIpc) is 2.42. The van der Waals surface area contributed by atoms with Crippen molar-refractivity contribution in [3.05, 3.63) is 35.4 Å². The Labute approximate surface area is 121 Å². The van der Waals surface area contributed by atoms with Crippen LogP contribution in [-0.4, -0.2) is 24.1 Å². The lowest BCUT2D eigenvalue weighted by atomic mass is 10.1. The number of hydrogen-bond donors (Lipinski definition) is 3. The predicted molar refractivity (Wildman–Crippen MR) is 81.4 cm³/mol. The Hall–Kier alpha value is -1.39. The van der Waals surface area contributed by atoms with Crippen LogP contribution in [0, 0.1) is 11.8 Å². The molecule has 112 valence electrons. The summed E-state index contributed by atoms with van der Waals surface area (Å²) in [4.78, 5) is 11.9. The van der Waals surface area contributed by atoms with E-state index in [1.54, 1.807) is 24.3 Å². The normalized spacial score (nSPS) is 12.8. The SMILES string of the molecule is CC(C)CNC(=O)c1ccc(C(O)NCC(C)C)cc1.